The molecule has 0 bridgehead atoms. The van der Waals surface area contributed by atoms with E-state index < -0.39 is 17.9 Å². The van der Waals surface area contributed by atoms with Crippen molar-refractivity contribution in [2.24, 2.45) is 5.92 Å². The monoisotopic (exact) mass is 279 g/mol. The summed E-state index contributed by atoms with van der Waals surface area (Å²) >= 11 is 0. The molecule has 0 aromatic carbocycles. The molecule has 1 amide bonds. The zero-order valence-corrected chi connectivity index (χ0v) is 11.4. The van der Waals surface area contributed by atoms with Crippen molar-refractivity contribution in [1.82, 2.24) is 10.3 Å². The molecule has 2 unspecified atom stereocenters. The van der Waals surface area contributed by atoms with Gasteiger partial charge in [-0.1, -0.05) is 0 Å². The number of hydrogen-bond acceptors (Lipinski definition) is 5. The highest BCUT2D eigenvalue weighted by Crippen LogP contribution is 2.15. The maximum atomic E-state index is 12.1. The number of carbonyl (C=O) groups is 2. The quantitative estimate of drug-likeness (QED) is 0.804. The first-order chi connectivity index (χ1) is 9.49. The summed E-state index contributed by atoms with van der Waals surface area (Å²) in [5.74, 6) is -1.32. The number of carboxylic acids is 1. The molecule has 108 valence electrons. The lowest BCUT2D eigenvalue weighted by molar-refractivity contribution is -0.142. The van der Waals surface area contributed by atoms with E-state index in [1.807, 2.05) is 14.1 Å². The van der Waals surface area contributed by atoms with E-state index in [0.29, 0.717) is 11.4 Å². The van der Waals surface area contributed by atoms with E-state index in [9.17, 15) is 9.59 Å². The lowest BCUT2D eigenvalue weighted by atomic mass is 10.0. The molecule has 2 rings (SSSR count). The molecule has 1 fully saturated rings. The minimum Gasteiger partial charge on any atom is -0.481 e. The first-order valence-corrected chi connectivity index (χ1v) is 6.24. The summed E-state index contributed by atoms with van der Waals surface area (Å²) < 4.78 is 5.11. The summed E-state index contributed by atoms with van der Waals surface area (Å²) in [5.41, 5.74) is 0.444. The summed E-state index contributed by atoms with van der Waals surface area (Å²) in [4.78, 5) is 29.1. The van der Waals surface area contributed by atoms with Crippen LogP contribution in [0.5, 0.6) is 0 Å². The highest BCUT2D eigenvalue weighted by molar-refractivity contribution is 5.95. The number of nitrogens with zero attached hydrogens (tertiary/aromatic N) is 2. The number of ether oxygens (including phenoxy) is 1. The van der Waals surface area contributed by atoms with Gasteiger partial charge in [0.1, 0.15) is 11.7 Å². The second kappa shape index (κ2) is 5.87. The van der Waals surface area contributed by atoms with Crippen molar-refractivity contribution in [3.8, 4) is 0 Å². The zero-order valence-electron chi connectivity index (χ0n) is 11.4. The van der Waals surface area contributed by atoms with Crippen LogP contribution in [-0.4, -0.2) is 55.3 Å². The molecule has 0 spiro atoms. The fraction of sp³-hybridized carbons (Fsp3) is 0.462. The second-order valence-corrected chi connectivity index (χ2v) is 4.86. The molecule has 0 aliphatic carbocycles. The van der Waals surface area contributed by atoms with Crippen LogP contribution in [0.1, 0.15) is 10.4 Å². The van der Waals surface area contributed by atoms with E-state index in [0.717, 1.165) is 0 Å². The van der Waals surface area contributed by atoms with Gasteiger partial charge in [0, 0.05) is 25.9 Å². The van der Waals surface area contributed by atoms with Crippen LogP contribution < -0.4 is 10.2 Å². The third-order valence-electron chi connectivity index (χ3n) is 3.18. The maximum absolute atomic E-state index is 12.1. The first kappa shape index (κ1) is 14.3. The third kappa shape index (κ3) is 3.05. The minimum absolute atomic E-state index is 0.125. The maximum Gasteiger partial charge on any atom is 0.311 e. The second-order valence-electron chi connectivity index (χ2n) is 4.86. The van der Waals surface area contributed by atoms with Gasteiger partial charge in [-0.25, -0.2) is 4.98 Å². The molecule has 0 saturated carbocycles. The summed E-state index contributed by atoms with van der Waals surface area (Å²) in [5, 5.41) is 11.7. The van der Waals surface area contributed by atoms with Gasteiger partial charge in [-0.2, -0.15) is 0 Å². The number of carboxylic acid groups (broad SMARTS) is 1. The van der Waals surface area contributed by atoms with Gasteiger partial charge in [-0.3, -0.25) is 9.59 Å². The average Bonchev–Trinajstić information content (AvgIpc) is 2.87. The Kier molecular flexibility index (Phi) is 4.19. The molecule has 0 radical (unpaired) electrons. The molecule has 2 atom stereocenters. The van der Waals surface area contributed by atoms with Crippen LogP contribution in [-0.2, 0) is 9.53 Å². The minimum atomic E-state index is -0.962. The van der Waals surface area contributed by atoms with Gasteiger partial charge in [-0.05, 0) is 12.1 Å². The number of nitrogens with one attached hydrogen (secondary N) is 1. The van der Waals surface area contributed by atoms with Crippen molar-refractivity contribution in [3.05, 3.63) is 23.9 Å². The predicted octanol–water partition coefficient (Wildman–Crippen LogP) is -0.0230. The van der Waals surface area contributed by atoms with Crippen LogP contribution in [0.25, 0.3) is 0 Å². The molecule has 2 heterocycles. The summed E-state index contributed by atoms with van der Waals surface area (Å²) in [7, 11) is 3.66. The van der Waals surface area contributed by atoms with Gasteiger partial charge in [0.15, 0.2) is 0 Å². The number of aliphatic carboxylic acids is 1. The fourth-order valence-corrected chi connectivity index (χ4v) is 2.00. The molecule has 7 heteroatoms. The normalized spacial score (nSPS) is 21.5. The number of aromatic nitrogens is 1. The van der Waals surface area contributed by atoms with Crippen molar-refractivity contribution in [1.29, 1.82) is 0 Å². The fourth-order valence-electron chi connectivity index (χ4n) is 2.00. The lowest BCUT2D eigenvalue weighted by Crippen LogP contribution is -2.42. The number of pyridine rings is 1. The van der Waals surface area contributed by atoms with E-state index in [1.165, 1.54) is 0 Å². The molecule has 2 N–H and O–H groups in total. The molecular formula is C13H17N3O4. The summed E-state index contributed by atoms with van der Waals surface area (Å²) in [6.07, 6.45) is 1.55. The van der Waals surface area contributed by atoms with Gasteiger partial charge < -0.3 is 20.1 Å². The van der Waals surface area contributed by atoms with Gasteiger partial charge in [0.25, 0.3) is 5.91 Å². The Hall–Kier alpha value is -2.15. The SMILES string of the molecule is CN(C)c1cc(C(=O)NC2COCC2C(=O)O)ccn1. The largest absolute Gasteiger partial charge is 0.481 e. The predicted molar refractivity (Wildman–Crippen MR) is 71.8 cm³/mol. The van der Waals surface area contributed by atoms with Crippen molar-refractivity contribution >= 4 is 17.7 Å². The van der Waals surface area contributed by atoms with Crippen LogP contribution in [0.3, 0.4) is 0 Å². The topological polar surface area (TPSA) is 91.8 Å². The number of amides is 1. The molecular weight excluding hydrogens is 262 g/mol. The summed E-state index contributed by atoms with van der Waals surface area (Å²) in [6.45, 7) is 0.341. The Labute approximate surface area is 116 Å². The lowest BCUT2D eigenvalue weighted by Gasteiger charge is -2.16. The highest BCUT2D eigenvalue weighted by atomic mass is 16.5. The number of anilines is 1. The zero-order chi connectivity index (χ0) is 14.7. The van der Waals surface area contributed by atoms with Crippen molar-refractivity contribution in [3.63, 3.8) is 0 Å². The molecule has 7 nitrogen and oxygen atoms in total. The van der Waals surface area contributed by atoms with E-state index in [2.05, 4.69) is 10.3 Å². The van der Waals surface area contributed by atoms with Gasteiger partial charge >= 0.3 is 5.97 Å². The smallest absolute Gasteiger partial charge is 0.311 e. The van der Waals surface area contributed by atoms with Crippen molar-refractivity contribution in [2.45, 2.75) is 6.04 Å². The number of rotatable bonds is 4. The van der Waals surface area contributed by atoms with Crippen LogP contribution in [0, 0.1) is 5.92 Å². The van der Waals surface area contributed by atoms with Gasteiger partial charge in [0.2, 0.25) is 0 Å². The Morgan fingerprint density at radius 3 is 2.85 bits per heavy atom. The summed E-state index contributed by atoms with van der Waals surface area (Å²) in [6, 6.07) is 2.74. The molecule has 1 aliphatic rings. The molecule has 20 heavy (non-hydrogen) atoms. The van der Waals surface area contributed by atoms with E-state index >= 15 is 0 Å². The van der Waals surface area contributed by atoms with Crippen molar-refractivity contribution < 1.29 is 19.4 Å². The van der Waals surface area contributed by atoms with E-state index in [1.54, 1.807) is 23.2 Å². The Morgan fingerprint density at radius 1 is 1.45 bits per heavy atom. The molecule has 1 saturated heterocycles. The van der Waals surface area contributed by atoms with Crippen LogP contribution in [0.4, 0.5) is 5.82 Å². The van der Waals surface area contributed by atoms with Gasteiger partial charge in [-0.15, -0.1) is 0 Å². The first-order valence-electron chi connectivity index (χ1n) is 6.24. The molecule has 1 aliphatic heterocycles. The van der Waals surface area contributed by atoms with Crippen LogP contribution >= 0.6 is 0 Å². The molecule has 1 aromatic heterocycles. The Bertz CT molecular complexity index is 518. The highest BCUT2D eigenvalue weighted by Gasteiger charge is 2.35. The average molecular weight is 279 g/mol. The van der Waals surface area contributed by atoms with E-state index in [4.69, 9.17) is 9.84 Å². The number of carbonyl (C=O) groups excluding carboxylic acids is 1. The van der Waals surface area contributed by atoms with Crippen LogP contribution in [0.15, 0.2) is 18.3 Å². The van der Waals surface area contributed by atoms with Crippen molar-refractivity contribution in [2.75, 3.05) is 32.2 Å². The molecule has 1 aromatic rings. The Morgan fingerprint density at radius 2 is 2.20 bits per heavy atom. The van der Waals surface area contributed by atoms with E-state index in [-0.39, 0.29) is 19.1 Å². The number of hydrogen-bond donors (Lipinski definition) is 2. The Balaban J connectivity index is 2.08. The van der Waals surface area contributed by atoms with Crippen LogP contribution in [0.2, 0.25) is 0 Å². The third-order valence-corrected chi connectivity index (χ3v) is 3.18. The standard InChI is InChI=1S/C13H17N3O4/c1-16(2)11-5-8(3-4-14-11)12(17)15-10-7-20-6-9(10)13(18)19/h3-5,9-10H,6-7H2,1-2H3,(H,15,17)(H,18,19). The van der Waals surface area contributed by atoms with Gasteiger partial charge in [0.05, 0.1) is 19.3 Å².